The number of ether oxygens (including phenoxy) is 2. The molecule has 2 rings (SSSR count). The Balaban J connectivity index is 1.79. The molecule has 0 N–H and O–H groups in total. The van der Waals surface area contributed by atoms with Crippen LogP contribution in [0.2, 0.25) is 0 Å². The van der Waals surface area contributed by atoms with E-state index in [0.29, 0.717) is 25.4 Å². The molecule has 1 unspecified atom stereocenters. The second-order valence-electron chi connectivity index (χ2n) is 5.98. The summed E-state index contributed by atoms with van der Waals surface area (Å²) in [5, 5.41) is 0. The highest BCUT2D eigenvalue weighted by atomic mass is 16.5. The fourth-order valence-corrected chi connectivity index (χ4v) is 3.27. The summed E-state index contributed by atoms with van der Waals surface area (Å²) >= 11 is 0. The molecule has 18 heavy (non-hydrogen) atoms. The first kappa shape index (κ1) is 14.0. The standard InChI is InChI=1S/C15H26O3/c1-12(2)17-9-10-18-14-11-13(16)15(14)7-5-3-4-6-8-15/h12,14H,3-11H2,1-2H3. The lowest BCUT2D eigenvalue weighted by atomic mass is 9.60. The smallest absolute Gasteiger partial charge is 0.144 e. The van der Waals surface area contributed by atoms with Crippen molar-refractivity contribution in [1.29, 1.82) is 0 Å². The Morgan fingerprint density at radius 3 is 2.39 bits per heavy atom. The lowest BCUT2D eigenvalue weighted by molar-refractivity contribution is -0.168. The predicted octanol–water partition coefficient (Wildman–Crippen LogP) is 3.11. The molecule has 0 saturated heterocycles. The normalized spacial score (nSPS) is 27.3. The highest BCUT2D eigenvalue weighted by molar-refractivity contribution is 5.92. The summed E-state index contributed by atoms with van der Waals surface area (Å²) in [6.45, 7) is 5.32. The van der Waals surface area contributed by atoms with Gasteiger partial charge in [-0.05, 0) is 26.7 Å². The van der Waals surface area contributed by atoms with E-state index in [4.69, 9.17) is 9.47 Å². The third-order valence-corrected chi connectivity index (χ3v) is 4.39. The van der Waals surface area contributed by atoms with E-state index in [1.54, 1.807) is 0 Å². The van der Waals surface area contributed by atoms with E-state index in [1.807, 2.05) is 13.8 Å². The van der Waals surface area contributed by atoms with E-state index in [9.17, 15) is 4.79 Å². The van der Waals surface area contributed by atoms with Crippen molar-refractivity contribution < 1.29 is 14.3 Å². The fraction of sp³-hybridized carbons (Fsp3) is 0.933. The summed E-state index contributed by atoms with van der Waals surface area (Å²) in [7, 11) is 0. The monoisotopic (exact) mass is 254 g/mol. The van der Waals surface area contributed by atoms with Crippen molar-refractivity contribution >= 4 is 5.78 Å². The van der Waals surface area contributed by atoms with Crippen LogP contribution in [0.1, 0.15) is 58.8 Å². The zero-order valence-electron chi connectivity index (χ0n) is 11.7. The van der Waals surface area contributed by atoms with Gasteiger partial charge in [0.05, 0.1) is 30.8 Å². The van der Waals surface area contributed by atoms with E-state index >= 15 is 0 Å². The van der Waals surface area contributed by atoms with Gasteiger partial charge in [-0.15, -0.1) is 0 Å². The molecular formula is C15H26O3. The van der Waals surface area contributed by atoms with Crippen LogP contribution in [0.15, 0.2) is 0 Å². The van der Waals surface area contributed by atoms with Crippen LogP contribution < -0.4 is 0 Å². The van der Waals surface area contributed by atoms with Gasteiger partial charge < -0.3 is 9.47 Å². The molecule has 3 nitrogen and oxygen atoms in total. The maximum absolute atomic E-state index is 12.0. The molecule has 0 radical (unpaired) electrons. The number of carbonyl (C=O) groups is 1. The lowest BCUT2D eigenvalue weighted by Crippen LogP contribution is -2.55. The van der Waals surface area contributed by atoms with Gasteiger partial charge in [0.2, 0.25) is 0 Å². The van der Waals surface area contributed by atoms with Gasteiger partial charge in [-0.1, -0.05) is 25.7 Å². The Bertz CT molecular complexity index is 277. The molecule has 2 saturated carbocycles. The van der Waals surface area contributed by atoms with Crippen LogP contribution in [0.5, 0.6) is 0 Å². The largest absolute Gasteiger partial charge is 0.376 e. The highest BCUT2D eigenvalue weighted by Gasteiger charge is 2.54. The van der Waals surface area contributed by atoms with Crippen LogP contribution in [0.3, 0.4) is 0 Å². The number of carbonyl (C=O) groups excluding carboxylic acids is 1. The average Bonchev–Trinajstić information content (AvgIpc) is 2.60. The zero-order valence-corrected chi connectivity index (χ0v) is 11.7. The van der Waals surface area contributed by atoms with Crippen molar-refractivity contribution in [2.45, 2.75) is 71.0 Å². The maximum atomic E-state index is 12.0. The third-order valence-electron chi connectivity index (χ3n) is 4.39. The van der Waals surface area contributed by atoms with Crippen molar-refractivity contribution in [2.24, 2.45) is 5.41 Å². The molecule has 0 aromatic heterocycles. The van der Waals surface area contributed by atoms with E-state index in [2.05, 4.69) is 0 Å². The number of rotatable bonds is 5. The quantitative estimate of drug-likeness (QED) is 0.707. The minimum absolute atomic E-state index is 0.117. The molecule has 1 atom stereocenters. The van der Waals surface area contributed by atoms with Crippen LogP contribution in [0.25, 0.3) is 0 Å². The van der Waals surface area contributed by atoms with Gasteiger partial charge >= 0.3 is 0 Å². The molecule has 0 heterocycles. The van der Waals surface area contributed by atoms with Crippen LogP contribution in [0, 0.1) is 5.41 Å². The molecule has 0 bridgehead atoms. The van der Waals surface area contributed by atoms with Crippen molar-refractivity contribution in [3.63, 3.8) is 0 Å². The van der Waals surface area contributed by atoms with Gasteiger partial charge in [-0.3, -0.25) is 4.79 Å². The van der Waals surface area contributed by atoms with Gasteiger partial charge in [-0.2, -0.15) is 0 Å². The molecule has 2 fully saturated rings. The Morgan fingerprint density at radius 2 is 1.83 bits per heavy atom. The minimum atomic E-state index is -0.117. The van der Waals surface area contributed by atoms with E-state index in [1.165, 1.54) is 25.7 Å². The van der Waals surface area contributed by atoms with Crippen LogP contribution in [-0.2, 0) is 14.3 Å². The molecule has 0 aromatic rings. The van der Waals surface area contributed by atoms with Gasteiger partial charge in [0.25, 0.3) is 0 Å². The Labute approximate surface area is 110 Å². The second kappa shape index (κ2) is 6.16. The number of ketones is 1. The molecule has 104 valence electrons. The molecule has 0 aromatic carbocycles. The van der Waals surface area contributed by atoms with Crippen molar-refractivity contribution in [1.82, 2.24) is 0 Å². The summed E-state index contributed by atoms with van der Waals surface area (Å²) < 4.78 is 11.4. The van der Waals surface area contributed by atoms with Crippen molar-refractivity contribution in [3.05, 3.63) is 0 Å². The summed E-state index contributed by atoms with van der Waals surface area (Å²) in [5.41, 5.74) is -0.117. The van der Waals surface area contributed by atoms with Gasteiger partial charge in [0.1, 0.15) is 5.78 Å². The first-order valence-electron chi connectivity index (χ1n) is 7.42. The van der Waals surface area contributed by atoms with Gasteiger partial charge in [0, 0.05) is 6.42 Å². The second-order valence-corrected chi connectivity index (χ2v) is 5.98. The van der Waals surface area contributed by atoms with E-state index in [-0.39, 0.29) is 17.6 Å². The third kappa shape index (κ3) is 2.94. The first-order valence-corrected chi connectivity index (χ1v) is 7.42. The number of hydrogen-bond acceptors (Lipinski definition) is 3. The van der Waals surface area contributed by atoms with Crippen LogP contribution >= 0.6 is 0 Å². The van der Waals surface area contributed by atoms with E-state index in [0.717, 1.165) is 12.8 Å². The Morgan fingerprint density at radius 1 is 1.17 bits per heavy atom. The molecule has 0 aliphatic heterocycles. The Hall–Kier alpha value is -0.410. The lowest BCUT2D eigenvalue weighted by Gasteiger charge is -2.47. The topological polar surface area (TPSA) is 35.5 Å². The van der Waals surface area contributed by atoms with Crippen molar-refractivity contribution in [3.8, 4) is 0 Å². The average molecular weight is 254 g/mol. The summed E-state index contributed by atoms with van der Waals surface area (Å²) in [5.74, 6) is 0.444. The van der Waals surface area contributed by atoms with Crippen LogP contribution in [-0.4, -0.2) is 31.2 Å². The fourth-order valence-electron chi connectivity index (χ4n) is 3.27. The van der Waals surface area contributed by atoms with Crippen LogP contribution in [0.4, 0.5) is 0 Å². The SMILES string of the molecule is CC(C)OCCOC1CC(=O)C12CCCCCC2. The molecule has 1 spiro atoms. The summed E-state index contributed by atoms with van der Waals surface area (Å²) in [6, 6.07) is 0. The number of hydrogen-bond donors (Lipinski definition) is 0. The van der Waals surface area contributed by atoms with Crippen molar-refractivity contribution in [2.75, 3.05) is 13.2 Å². The zero-order chi connectivity index (χ0) is 13.0. The van der Waals surface area contributed by atoms with E-state index < -0.39 is 0 Å². The minimum Gasteiger partial charge on any atom is -0.376 e. The summed E-state index contributed by atoms with van der Waals surface area (Å²) in [4.78, 5) is 12.0. The van der Waals surface area contributed by atoms with Gasteiger partial charge in [-0.25, -0.2) is 0 Å². The van der Waals surface area contributed by atoms with Gasteiger partial charge in [0.15, 0.2) is 0 Å². The predicted molar refractivity (Wildman–Crippen MR) is 70.6 cm³/mol. The first-order chi connectivity index (χ1) is 8.65. The number of Topliss-reactive ketones (excluding diaryl/α,β-unsaturated/α-hetero) is 1. The maximum Gasteiger partial charge on any atom is 0.144 e. The highest BCUT2D eigenvalue weighted by Crippen LogP contribution is 2.49. The molecule has 2 aliphatic carbocycles. The Kier molecular flexibility index (Phi) is 4.79. The molecule has 3 heteroatoms. The molecule has 2 aliphatic rings. The molecular weight excluding hydrogens is 228 g/mol. The summed E-state index contributed by atoms with van der Waals surface area (Å²) in [6.07, 6.45) is 8.06. The molecule has 0 amide bonds.